The summed E-state index contributed by atoms with van der Waals surface area (Å²) in [6.07, 6.45) is 5.88. The molecule has 0 radical (unpaired) electrons. The van der Waals surface area contributed by atoms with Gasteiger partial charge in [-0.15, -0.1) is 0 Å². The third-order valence-corrected chi connectivity index (χ3v) is 8.45. The molecule has 0 fully saturated rings. The summed E-state index contributed by atoms with van der Waals surface area (Å²) in [6, 6.07) is 28.3. The van der Waals surface area contributed by atoms with E-state index in [1.807, 2.05) is 18.5 Å². The van der Waals surface area contributed by atoms with Crippen molar-refractivity contribution in [1.29, 1.82) is 0 Å². The van der Waals surface area contributed by atoms with Crippen LogP contribution in [0.1, 0.15) is 50.7 Å². The van der Waals surface area contributed by atoms with Crippen molar-refractivity contribution in [1.82, 2.24) is 14.5 Å². The number of imidazole rings is 1. The van der Waals surface area contributed by atoms with E-state index in [2.05, 4.69) is 133 Å². The summed E-state index contributed by atoms with van der Waals surface area (Å²) in [5.74, 6) is 2.80. The van der Waals surface area contributed by atoms with E-state index >= 15 is 0 Å². The maximum atomic E-state index is 4.84. The molecule has 202 valence electrons. The first-order chi connectivity index (χ1) is 19.4. The highest BCUT2D eigenvalue weighted by atomic mass is 32.2. The Hall–Kier alpha value is -4.03. The van der Waals surface area contributed by atoms with Gasteiger partial charge in [0.2, 0.25) is 0 Å². The first kappa shape index (κ1) is 26.2. The Kier molecular flexibility index (Phi) is 7.11. The Labute approximate surface area is 241 Å². The van der Waals surface area contributed by atoms with Crippen molar-refractivity contribution in [2.24, 2.45) is 0 Å². The Morgan fingerprint density at radius 1 is 0.750 bits per heavy atom. The fourth-order valence-corrected chi connectivity index (χ4v) is 6.42. The molecule has 3 aromatic carbocycles. The maximum absolute atomic E-state index is 4.84. The van der Waals surface area contributed by atoms with Crippen molar-refractivity contribution < 1.29 is 0 Å². The molecule has 3 heterocycles. The highest BCUT2D eigenvalue weighted by molar-refractivity contribution is 7.99. The van der Waals surface area contributed by atoms with Crippen molar-refractivity contribution in [2.45, 2.75) is 49.3 Å². The summed E-state index contributed by atoms with van der Waals surface area (Å²) >= 11 is 1.77. The van der Waals surface area contributed by atoms with Crippen molar-refractivity contribution in [3.63, 3.8) is 0 Å². The number of anilines is 3. The van der Waals surface area contributed by atoms with Crippen LogP contribution in [0, 0.1) is 0 Å². The smallest absolute Gasteiger partial charge is 0.158 e. The van der Waals surface area contributed by atoms with Gasteiger partial charge >= 0.3 is 0 Å². The first-order valence-corrected chi connectivity index (χ1v) is 14.7. The van der Waals surface area contributed by atoms with Crippen LogP contribution in [0.3, 0.4) is 0 Å². The van der Waals surface area contributed by atoms with E-state index in [1.165, 1.54) is 26.6 Å². The van der Waals surface area contributed by atoms with Crippen LogP contribution in [0.25, 0.3) is 17.1 Å². The van der Waals surface area contributed by atoms with Crippen molar-refractivity contribution in [3.05, 3.63) is 109 Å². The van der Waals surface area contributed by atoms with E-state index in [0.29, 0.717) is 11.8 Å². The number of aromatic nitrogens is 3. The van der Waals surface area contributed by atoms with Crippen LogP contribution >= 0.6 is 11.8 Å². The highest BCUT2D eigenvalue weighted by Gasteiger charge is 2.25. The largest absolute Gasteiger partial charge is 0.354 e. The molecule has 6 rings (SSSR count). The van der Waals surface area contributed by atoms with Gasteiger partial charge in [-0.05, 0) is 65.4 Å². The van der Waals surface area contributed by atoms with Gasteiger partial charge in [-0.25, -0.2) is 9.97 Å². The highest BCUT2D eigenvalue weighted by Crippen LogP contribution is 2.40. The van der Waals surface area contributed by atoms with Gasteiger partial charge < -0.3 is 9.80 Å². The van der Waals surface area contributed by atoms with E-state index < -0.39 is 0 Å². The molecule has 0 saturated carbocycles. The minimum Gasteiger partial charge on any atom is -0.354 e. The Bertz CT molecular complexity index is 1630. The number of rotatable bonds is 7. The maximum Gasteiger partial charge on any atom is 0.158 e. The van der Waals surface area contributed by atoms with Crippen LogP contribution in [-0.2, 0) is 0 Å². The Morgan fingerprint density at radius 3 is 2.20 bits per heavy atom. The Morgan fingerprint density at radius 2 is 1.45 bits per heavy atom. The molecular weight excluding hydrogens is 510 g/mol. The lowest BCUT2D eigenvalue weighted by Gasteiger charge is -2.22. The van der Waals surface area contributed by atoms with Gasteiger partial charge in [0.25, 0.3) is 0 Å². The lowest BCUT2D eigenvalue weighted by Crippen LogP contribution is -2.24. The molecule has 5 nitrogen and oxygen atoms in total. The molecule has 40 heavy (non-hydrogen) atoms. The molecule has 0 spiro atoms. The zero-order valence-electron chi connectivity index (χ0n) is 23.7. The summed E-state index contributed by atoms with van der Waals surface area (Å²) in [7, 11) is 2.11. The van der Waals surface area contributed by atoms with E-state index in [0.717, 1.165) is 35.2 Å². The second-order valence-electron chi connectivity index (χ2n) is 11.0. The molecule has 0 bridgehead atoms. The average molecular weight is 546 g/mol. The summed E-state index contributed by atoms with van der Waals surface area (Å²) < 4.78 is 2.28. The second-order valence-corrected chi connectivity index (χ2v) is 12.1. The van der Waals surface area contributed by atoms with E-state index in [-0.39, 0.29) is 0 Å². The van der Waals surface area contributed by atoms with Gasteiger partial charge in [0.15, 0.2) is 5.82 Å². The van der Waals surface area contributed by atoms with E-state index in [4.69, 9.17) is 4.98 Å². The Balaban J connectivity index is 1.32. The number of pyridine rings is 1. The molecule has 0 aliphatic carbocycles. The number of benzene rings is 3. The molecule has 0 saturated heterocycles. The van der Waals surface area contributed by atoms with Crippen LogP contribution < -0.4 is 9.80 Å². The van der Waals surface area contributed by atoms with Crippen LogP contribution in [-0.4, -0.2) is 28.3 Å². The molecule has 0 N–H and O–H groups in total. The monoisotopic (exact) mass is 545 g/mol. The zero-order valence-corrected chi connectivity index (χ0v) is 24.6. The molecular formula is C34H35N5S. The standard InChI is InChI=1S/C34H35N5S/c1-23(2)29-14-8-15-30(24(3)4)32(29)38-19-18-36-33(38)25-10-6-12-27(20-25)40-28-13-7-11-26(21-28)39-22-37(5)31-16-9-17-35-34(31)39/h6-21,23-24H,22H2,1-5H3. The fourth-order valence-electron chi connectivity index (χ4n) is 5.49. The summed E-state index contributed by atoms with van der Waals surface area (Å²) in [5.41, 5.74) is 7.36. The minimum absolute atomic E-state index is 0.413. The van der Waals surface area contributed by atoms with Crippen LogP contribution in [0.4, 0.5) is 17.2 Å². The van der Waals surface area contributed by atoms with E-state index in [1.54, 1.807) is 11.8 Å². The number of hydrogen-bond acceptors (Lipinski definition) is 5. The molecule has 1 aliphatic rings. The predicted octanol–water partition coefficient (Wildman–Crippen LogP) is 8.88. The lowest BCUT2D eigenvalue weighted by molar-refractivity contribution is 0.806. The third kappa shape index (κ3) is 4.88. The number of fused-ring (bicyclic) bond motifs is 1. The molecule has 0 amide bonds. The quantitative estimate of drug-likeness (QED) is 0.204. The summed E-state index contributed by atoms with van der Waals surface area (Å²) in [5, 5.41) is 0. The topological polar surface area (TPSA) is 37.2 Å². The lowest BCUT2D eigenvalue weighted by atomic mass is 9.92. The molecule has 5 aromatic rings. The number of nitrogens with zero attached hydrogens (tertiary/aromatic N) is 5. The molecule has 1 aliphatic heterocycles. The average Bonchev–Trinajstić information content (AvgIpc) is 3.58. The van der Waals surface area contributed by atoms with Crippen molar-refractivity contribution in [2.75, 3.05) is 23.5 Å². The fraction of sp³-hybridized carbons (Fsp3) is 0.235. The molecule has 6 heteroatoms. The van der Waals surface area contributed by atoms with Crippen LogP contribution in [0.15, 0.2) is 107 Å². The molecule has 2 aromatic heterocycles. The van der Waals surface area contributed by atoms with Crippen molar-refractivity contribution >= 4 is 29.0 Å². The minimum atomic E-state index is 0.413. The van der Waals surface area contributed by atoms with Gasteiger partial charge in [-0.1, -0.05) is 75.9 Å². The normalized spacial score (nSPS) is 13.0. The second kappa shape index (κ2) is 10.9. The number of para-hydroxylation sites is 1. The van der Waals surface area contributed by atoms with Gasteiger partial charge in [0.05, 0.1) is 18.0 Å². The van der Waals surface area contributed by atoms with Gasteiger partial charge in [0, 0.05) is 46.7 Å². The van der Waals surface area contributed by atoms with Gasteiger partial charge in [-0.3, -0.25) is 4.57 Å². The zero-order chi connectivity index (χ0) is 27.8. The summed E-state index contributed by atoms with van der Waals surface area (Å²) in [4.78, 5) is 16.4. The van der Waals surface area contributed by atoms with Crippen molar-refractivity contribution in [3.8, 4) is 17.1 Å². The van der Waals surface area contributed by atoms with Gasteiger partial charge in [-0.2, -0.15) is 0 Å². The summed E-state index contributed by atoms with van der Waals surface area (Å²) in [6.45, 7) is 9.84. The van der Waals surface area contributed by atoms with E-state index in [9.17, 15) is 0 Å². The molecule has 0 unspecified atom stereocenters. The first-order valence-electron chi connectivity index (χ1n) is 13.9. The van der Waals surface area contributed by atoms with Crippen LogP contribution in [0.5, 0.6) is 0 Å². The van der Waals surface area contributed by atoms with Crippen LogP contribution in [0.2, 0.25) is 0 Å². The predicted molar refractivity (Wildman–Crippen MR) is 167 cm³/mol. The third-order valence-electron chi connectivity index (χ3n) is 7.47. The SMILES string of the molecule is CC(C)c1cccc(C(C)C)c1-n1ccnc1-c1cccc(Sc2cccc(N3CN(C)c4cccnc43)c2)c1. The number of hydrogen-bond donors (Lipinski definition) is 0. The van der Waals surface area contributed by atoms with Gasteiger partial charge in [0.1, 0.15) is 5.82 Å². The molecule has 0 atom stereocenters.